The van der Waals surface area contributed by atoms with Gasteiger partial charge in [0.05, 0.1) is 11.4 Å². The molecule has 3 heteroatoms. The number of rotatable bonds is 0. The predicted molar refractivity (Wildman–Crippen MR) is 68.4 cm³/mol. The van der Waals surface area contributed by atoms with E-state index in [9.17, 15) is 0 Å². The van der Waals surface area contributed by atoms with Crippen LogP contribution in [0.25, 0.3) is 0 Å². The third-order valence-corrected chi connectivity index (χ3v) is 3.42. The van der Waals surface area contributed by atoms with Crippen LogP contribution in [0.5, 0.6) is 0 Å². The average Bonchev–Trinajstić information content (AvgIpc) is 2.38. The maximum Gasteiger partial charge on any atom is 0.0526 e. The molecule has 0 atom stereocenters. The average molecular weight is 231 g/mol. The van der Waals surface area contributed by atoms with Gasteiger partial charge in [0.25, 0.3) is 0 Å². The van der Waals surface area contributed by atoms with Gasteiger partial charge in [0, 0.05) is 16.9 Å². The molecule has 82 valence electrons. The molecule has 0 amide bonds. The van der Waals surface area contributed by atoms with Crippen LogP contribution < -0.4 is 5.32 Å². The Hall–Kier alpha value is -1.45. The molecule has 2 aromatic rings. The quantitative estimate of drug-likeness (QED) is 0.621. The molecule has 0 bridgehead atoms. The molecule has 1 heterocycles. The number of hydrogen-bond donors (Lipinski definition) is 2. The van der Waals surface area contributed by atoms with Crippen molar-refractivity contribution in [3.63, 3.8) is 0 Å². The van der Waals surface area contributed by atoms with Gasteiger partial charge in [-0.05, 0) is 24.3 Å². The van der Waals surface area contributed by atoms with Crippen molar-refractivity contribution in [2.45, 2.75) is 9.79 Å². The lowest BCUT2D eigenvalue weighted by molar-refractivity contribution is 0.399. The van der Waals surface area contributed by atoms with Crippen LogP contribution in [0.1, 0.15) is 0 Å². The van der Waals surface area contributed by atoms with Gasteiger partial charge in [0.2, 0.25) is 0 Å². The fraction of sp³-hybridized carbons (Fsp3) is 0.0769. The molecular formula is C13H13NOS. The Morgan fingerprint density at radius 3 is 1.75 bits per heavy atom. The van der Waals surface area contributed by atoms with Gasteiger partial charge in [0.15, 0.2) is 0 Å². The van der Waals surface area contributed by atoms with Crippen LogP contribution in [-0.4, -0.2) is 12.2 Å². The summed E-state index contributed by atoms with van der Waals surface area (Å²) < 4.78 is 0. The summed E-state index contributed by atoms with van der Waals surface area (Å²) in [5.41, 5.74) is 2.41. The molecule has 0 saturated heterocycles. The largest absolute Gasteiger partial charge is 0.400 e. The van der Waals surface area contributed by atoms with E-state index in [1.165, 1.54) is 21.2 Å². The first-order valence-corrected chi connectivity index (χ1v) is 5.83. The first kappa shape index (κ1) is 11.0. The molecule has 0 aromatic heterocycles. The van der Waals surface area contributed by atoms with Crippen LogP contribution in [0.2, 0.25) is 0 Å². The molecule has 1 aliphatic heterocycles. The Bertz CT molecular complexity index is 397. The SMILES string of the molecule is CO.c1ccc2c(c1)Nc1ccccc1S2. The van der Waals surface area contributed by atoms with E-state index in [2.05, 4.69) is 53.8 Å². The topological polar surface area (TPSA) is 32.3 Å². The van der Waals surface area contributed by atoms with E-state index in [0.717, 1.165) is 7.11 Å². The van der Waals surface area contributed by atoms with E-state index in [1.54, 1.807) is 0 Å². The predicted octanol–water partition coefficient (Wildman–Crippen LogP) is 3.50. The van der Waals surface area contributed by atoms with Crippen LogP contribution in [0.3, 0.4) is 0 Å². The first-order chi connectivity index (χ1) is 7.93. The number of nitrogens with one attached hydrogen (secondary N) is 1. The van der Waals surface area contributed by atoms with Gasteiger partial charge in [-0.3, -0.25) is 0 Å². The number of aliphatic hydroxyl groups is 1. The number of anilines is 2. The summed E-state index contributed by atoms with van der Waals surface area (Å²) in [6, 6.07) is 16.8. The molecule has 0 aliphatic carbocycles. The van der Waals surface area contributed by atoms with Crippen LogP contribution in [0, 0.1) is 0 Å². The van der Waals surface area contributed by atoms with Crippen LogP contribution >= 0.6 is 11.8 Å². The van der Waals surface area contributed by atoms with E-state index in [4.69, 9.17) is 5.11 Å². The van der Waals surface area contributed by atoms with Gasteiger partial charge in [-0.1, -0.05) is 36.0 Å². The number of para-hydroxylation sites is 2. The Kier molecular flexibility index (Phi) is 3.49. The zero-order valence-electron chi connectivity index (χ0n) is 8.97. The number of benzene rings is 2. The van der Waals surface area contributed by atoms with E-state index in [-0.39, 0.29) is 0 Å². The summed E-state index contributed by atoms with van der Waals surface area (Å²) in [7, 11) is 1.00. The molecule has 0 unspecified atom stereocenters. The van der Waals surface area contributed by atoms with Crippen molar-refractivity contribution in [1.82, 2.24) is 0 Å². The Balaban J connectivity index is 0.000000457. The van der Waals surface area contributed by atoms with Gasteiger partial charge in [0.1, 0.15) is 0 Å². The van der Waals surface area contributed by atoms with Crippen LogP contribution in [0.15, 0.2) is 58.3 Å². The highest BCUT2D eigenvalue weighted by Crippen LogP contribution is 2.43. The Morgan fingerprint density at radius 2 is 1.25 bits per heavy atom. The minimum absolute atomic E-state index is 1.00. The van der Waals surface area contributed by atoms with Gasteiger partial charge in [-0.25, -0.2) is 0 Å². The highest BCUT2D eigenvalue weighted by atomic mass is 32.2. The van der Waals surface area contributed by atoms with Gasteiger partial charge < -0.3 is 10.4 Å². The van der Waals surface area contributed by atoms with E-state index < -0.39 is 0 Å². The molecular weight excluding hydrogens is 218 g/mol. The standard InChI is InChI=1S/C12H9NS.CH4O/c1-3-7-11-9(5-1)13-10-6-2-4-8-12(10)14-11;1-2/h1-8,13H;2H,1H3. The van der Waals surface area contributed by atoms with Crippen molar-refractivity contribution in [2.75, 3.05) is 12.4 Å². The second-order valence-electron chi connectivity index (χ2n) is 3.22. The van der Waals surface area contributed by atoms with Gasteiger partial charge >= 0.3 is 0 Å². The van der Waals surface area contributed by atoms with E-state index in [0.29, 0.717) is 0 Å². The van der Waals surface area contributed by atoms with Crippen molar-refractivity contribution in [1.29, 1.82) is 0 Å². The van der Waals surface area contributed by atoms with Gasteiger partial charge in [-0.2, -0.15) is 0 Å². The molecule has 2 nitrogen and oxygen atoms in total. The second kappa shape index (κ2) is 5.05. The fourth-order valence-corrected chi connectivity index (χ4v) is 2.57. The molecule has 0 fully saturated rings. The normalized spacial score (nSPS) is 11.4. The first-order valence-electron chi connectivity index (χ1n) is 5.01. The summed E-state index contributed by atoms with van der Waals surface area (Å²) >= 11 is 1.82. The zero-order valence-corrected chi connectivity index (χ0v) is 9.79. The monoisotopic (exact) mass is 231 g/mol. The summed E-state index contributed by atoms with van der Waals surface area (Å²) in [4.78, 5) is 2.59. The zero-order chi connectivity index (χ0) is 11.4. The molecule has 2 aromatic carbocycles. The number of hydrogen-bond acceptors (Lipinski definition) is 3. The van der Waals surface area contributed by atoms with Crippen molar-refractivity contribution < 1.29 is 5.11 Å². The minimum atomic E-state index is 1.00. The smallest absolute Gasteiger partial charge is 0.0526 e. The molecule has 2 N–H and O–H groups in total. The summed E-state index contributed by atoms with van der Waals surface area (Å²) in [6.45, 7) is 0. The Morgan fingerprint density at radius 1 is 0.812 bits per heavy atom. The molecule has 16 heavy (non-hydrogen) atoms. The number of fused-ring (bicyclic) bond motifs is 2. The lowest BCUT2D eigenvalue weighted by Crippen LogP contribution is -1.98. The highest BCUT2D eigenvalue weighted by molar-refractivity contribution is 7.99. The van der Waals surface area contributed by atoms with E-state index in [1.807, 2.05) is 11.8 Å². The molecule has 0 radical (unpaired) electrons. The minimum Gasteiger partial charge on any atom is -0.400 e. The lowest BCUT2D eigenvalue weighted by atomic mass is 10.2. The van der Waals surface area contributed by atoms with E-state index >= 15 is 0 Å². The third kappa shape index (κ3) is 2.05. The molecule has 1 aliphatic rings. The van der Waals surface area contributed by atoms with Crippen molar-refractivity contribution >= 4 is 23.1 Å². The summed E-state index contributed by atoms with van der Waals surface area (Å²) in [5, 5.41) is 10.4. The van der Waals surface area contributed by atoms with Crippen molar-refractivity contribution in [2.24, 2.45) is 0 Å². The maximum absolute atomic E-state index is 7.00. The maximum atomic E-state index is 7.00. The molecule has 0 spiro atoms. The highest BCUT2D eigenvalue weighted by Gasteiger charge is 2.13. The molecule has 3 rings (SSSR count). The summed E-state index contributed by atoms with van der Waals surface area (Å²) in [5.74, 6) is 0. The second-order valence-corrected chi connectivity index (χ2v) is 4.30. The fourth-order valence-electron chi connectivity index (χ4n) is 1.58. The lowest BCUT2D eigenvalue weighted by Gasteiger charge is -2.19. The third-order valence-electron chi connectivity index (χ3n) is 2.26. The number of aliphatic hydroxyl groups excluding tert-OH is 1. The summed E-state index contributed by atoms with van der Waals surface area (Å²) in [6.07, 6.45) is 0. The van der Waals surface area contributed by atoms with Crippen molar-refractivity contribution in [3.8, 4) is 0 Å². The molecule has 0 saturated carbocycles. The Labute approximate surface area is 99.3 Å². The van der Waals surface area contributed by atoms with Crippen LogP contribution in [0.4, 0.5) is 11.4 Å². The van der Waals surface area contributed by atoms with Crippen molar-refractivity contribution in [3.05, 3.63) is 48.5 Å². The van der Waals surface area contributed by atoms with Crippen LogP contribution in [-0.2, 0) is 0 Å². The van der Waals surface area contributed by atoms with Gasteiger partial charge in [-0.15, -0.1) is 0 Å².